The van der Waals surface area contributed by atoms with Gasteiger partial charge in [0.05, 0.1) is 11.1 Å². The molecule has 3 unspecified atom stereocenters. The molecule has 1 N–H and O–H groups in total. The zero-order chi connectivity index (χ0) is 12.7. The molecule has 0 bridgehead atoms. The van der Waals surface area contributed by atoms with Gasteiger partial charge in [-0.3, -0.25) is 0 Å². The third-order valence-corrected chi connectivity index (χ3v) is 3.94. The number of benzene rings is 1. The Bertz CT molecular complexity index is 563. The largest absolute Gasteiger partial charge is 0.457 e. The first-order valence-electron chi connectivity index (χ1n) is 6.14. The maximum absolute atomic E-state index is 10.4. The quantitative estimate of drug-likeness (QED) is 0.904. The van der Waals surface area contributed by atoms with Crippen molar-refractivity contribution in [1.29, 1.82) is 0 Å². The van der Waals surface area contributed by atoms with E-state index in [0.29, 0.717) is 23.0 Å². The van der Waals surface area contributed by atoms with E-state index in [4.69, 9.17) is 20.8 Å². The normalized spacial score (nSPS) is 25.7. The maximum Gasteiger partial charge on any atom is 0.152 e. The van der Waals surface area contributed by atoms with Gasteiger partial charge < -0.3 is 14.3 Å². The minimum absolute atomic E-state index is 0.0590. The Morgan fingerprint density at radius 1 is 1.44 bits per heavy atom. The first-order valence-corrected chi connectivity index (χ1v) is 6.52. The number of ether oxygens (including phenoxy) is 1. The van der Waals surface area contributed by atoms with Crippen molar-refractivity contribution < 1.29 is 14.3 Å². The maximum atomic E-state index is 10.4. The van der Waals surface area contributed by atoms with E-state index >= 15 is 0 Å². The molecule has 0 radical (unpaired) electrons. The molecule has 0 spiro atoms. The number of aliphatic hydroxyl groups is 1. The molecule has 1 aromatic carbocycles. The van der Waals surface area contributed by atoms with Gasteiger partial charge in [0.15, 0.2) is 5.58 Å². The number of halogens is 1. The van der Waals surface area contributed by atoms with Crippen molar-refractivity contribution in [2.24, 2.45) is 5.92 Å². The first kappa shape index (κ1) is 12.0. The molecule has 1 aliphatic rings. The summed E-state index contributed by atoms with van der Waals surface area (Å²) < 4.78 is 11.2. The van der Waals surface area contributed by atoms with Crippen LogP contribution in [0.4, 0.5) is 0 Å². The lowest BCUT2D eigenvalue weighted by Crippen LogP contribution is -2.19. The van der Waals surface area contributed by atoms with Crippen molar-refractivity contribution in [2.45, 2.75) is 25.6 Å². The molecule has 2 aromatic rings. The number of aliphatic hydroxyl groups excluding tert-OH is 1. The standard InChI is InChI=1S/C14H15ClO3/c1-8-10(5-6-17-8)13(16)12-7-9-3-2-4-11(15)14(9)18-12/h2-4,7-8,10,13,16H,5-6H2,1H3. The van der Waals surface area contributed by atoms with Crippen molar-refractivity contribution in [3.8, 4) is 0 Å². The molecule has 1 aromatic heterocycles. The fraction of sp³-hybridized carbons (Fsp3) is 0.429. The number of para-hydroxylation sites is 1. The Kier molecular flexibility index (Phi) is 3.06. The van der Waals surface area contributed by atoms with E-state index in [1.807, 2.05) is 25.1 Å². The number of furan rings is 1. The molecule has 2 heterocycles. The van der Waals surface area contributed by atoms with Crippen LogP contribution in [0.15, 0.2) is 28.7 Å². The van der Waals surface area contributed by atoms with Crippen LogP contribution in [-0.4, -0.2) is 17.8 Å². The molecule has 3 nitrogen and oxygen atoms in total. The summed E-state index contributed by atoms with van der Waals surface area (Å²) in [4.78, 5) is 0. The molecule has 0 amide bonds. The lowest BCUT2D eigenvalue weighted by atomic mass is 9.94. The monoisotopic (exact) mass is 266 g/mol. The zero-order valence-electron chi connectivity index (χ0n) is 10.1. The van der Waals surface area contributed by atoms with Crippen molar-refractivity contribution in [3.05, 3.63) is 35.0 Å². The molecule has 18 heavy (non-hydrogen) atoms. The second kappa shape index (κ2) is 4.57. The molecule has 0 saturated carbocycles. The lowest BCUT2D eigenvalue weighted by molar-refractivity contribution is 0.0329. The number of rotatable bonds is 2. The van der Waals surface area contributed by atoms with Crippen LogP contribution in [0.2, 0.25) is 5.02 Å². The van der Waals surface area contributed by atoms with Crippen molar-refractivity contribution in [2.75, 3.05) is 6.61 Å². The van der Waals surface area contributed by atoms with Gasteiger partial charge in [0, 0.05) is 17.9 Å². The third-order valence-electron chi connectivity index (χ3n) is 3.65. The van der Waals surface area contributed by atoms with E-state index in [2.05, 4.69) is 0 Å². The van der Waals surface area contributed by atoms with Gasteiger partial charge in [0.1, 0.15) is 11.9 Å². The smallest absolute Gasteiger partial charge is 0.152 e. The van der Waals surface area contributed by atoms with Gasteiger partial charge in [-0.25, -0.2) is 0 Å². The molecular formula is C14H15ClO3. The van der Waals surface area contributed by atoms with Gasteiger partial charge in [0.2, 0.25) is 0 Å². The Morgan fingerprint density at radius 2 is 2.28 bits per heavy atom. The fourth-order valence-corrected chi connectivity index (χ4v) is 2.79. The van der Waals surface area contributed by atoms with Gasteiger partial charge in [-0.1, -0.05) is 23.7 Å². The predicted molar refractivity (Wildman–Crippen MR) is 69.7 cm³/mol. The molecule has 1 aliphatic heterocycles. The Labute approximate surface area is 110 Å². The first-order chi connectivity index (χ1) is 8.66. The average molecular weight is 267 g/mol. The lowest BCUT2D eigenvalue weighted by Gasteiger charge is -2.18. The summed E-state index contributed by atoms with van der Waals surface area (Å²) in [5.74, 6) is 0.657. The van der Waals surface area contributed by atoms with Crippen molar-refractivity contribution in [1.82, 2.24) is 0 Å². The summed E-state index contributed by atoms with van der Waals surface area (Å²) in [6.45, 7) is 2.68. The molecule has 4 heteroatoms. The molecule has 1 fully saturated rings. The Morgan fingerprint density at radius 3 is 2.94 bits per heavy atom. The van der Waals surface area contributed by atoms with Crippen LogP contribution in [-0.2, 0) is 4.74 Å². The Balaban J connectivity index is 1.96. The van der Waals surface area contributed by atoms with Gasteiger partial charge in [-0.2, -0.15) is 0 Å². The summed E-state index contributed by atoms with van der Waals surface area (Å²) in [6, 6.07) is 7.44. The second-order valence-electron chi connectivity index (χ2n) is 4.78. The molecular weight excluding hydrogens is 252 g/mol. The predicted octanol–water partition coefficient (Wildman–Crippen LogP) is 3.54. The van der Waals surface area contributed by atoms with Crippen LogP contribution in [0.25, 0.3) is 11.0 Å². The fourth-order valence-electron chi connectivity index (χ4n) is 2.57. The van der Waals surface area contributed by atoms with Gasteiger partial charge in [-0.15, -0.1) is 0 Å². The summed E-state index contributed by atoms with van der Waals surface area (Å²) in [7, 11) is 0. The van der Waals surface area contributed by atoms with Crippen molar-refractivity contribution >= 4 is 22.6 Å². The highest BCUT2D eigenvalue weighted by atomic mass is 35.5. The zero-order valence-corrected chi connectivity index (χ0v) is 10.9. The van der Waals surface area contributed by atoms with E-state index in [1.54, 1.807) is 6.07 Å². The number of fused-ring (bicyclic) bond motifs is 1. The molecule has 3 rings (SSSR count). The van der Waals surface area contributed by atoms with Crippen LogP contribution >= 0.6 is 11.6 Å². The summed E-state index contributed by atoms with van der Waals surface area (Å²) in [6.07, 6.45) is 0.280. The van der Waals surface area contributed by atoms with E-state index in [0.717, 1.165) is 11.8 Å². The minimum atomic E-state index is -0.633. The molecule has 3 atom stereocenters. The molecule has 0 aliphatic carbocycles. The molecule has 1 saturated heterocycles. The summed E-state index contributed by atoms with van der Waals surface area (Å²) in [5, 5.41) is 11.9. The summed E-state index contributed by atoms with van der Waals surface area (Å²) >= 11 is 6.06. The topological polar surface area (TPSA) is 42.6 Å². The van der Waals surface area contributed by atoms with Crippen LogP contribution in [0, 0.1) is 5.92 Å². The average Bonchev–Trinajstić information content (AvgIpc) is 2.95. The van der Waals surface area contributed by atoms with Gasteiger partial charge in [0.25, 0.3) is 0 Å². The van der Waals surface area contributed by atoms with Crippen LogP contribution in [0.5, 0.6) is 0 Å². The van der Waals surface area contributed by atoms with Crippen LogP contribution in [0.1, 0.15) is 25.2 Å². The van der Waals surface area contributed by atoms with E-state index in [-0.39, 0.29) is 12.0 Å². The van der Waals surface area contributed by atoms with Gasteiger partial charge >= 0.3 is 0 Å². The number of hydrogen-bond acceptors (Lipinski definition) is 3. The highest BCUT2D eigenvalue weighted by Gasteiger charge is 2.33. The minimum Gasteiger partial charge on any atom is -0.457 e. The van der Waals surface area contributed by atoms with Gasteiger partial charge in [-0.05, 0) is 25.5 Å². The third kappa shape index (κ3) is 1.92. The second-order valence-corrected chi connectivity index (χ2v) is 5.19. The highest BCUT2D eigenvalue weighted by molar-refractivity contribution is 6.34. The van der Waals surface area contributed by atoms with Crippen LogP contribution in [0.3, 0.4) is 0 Å². The summed E-state index contributed by atoms with van der Waals surface area (Å²) in [5.41, 5.74) is 0.639. The molecule has 96 valence electrons. The van der Waals surface area contributed by atoms with E-state index in [9.17, 15) is 5.11 Å². The highest BCUT2D eigenvalue weighted by Crippen LogP contribution is 2.36. The van der Waals surface area contributed by atoms with Crippen molar-refractivity contribution in [3.63, 3.8) is 0 Å². The number of hydrogen-bond donors (Lipinski definition) is 1. The van der Waals surface area contributed by atoms with E-state index in [1.165, 1.54) is 0 Å². The van der Waals surface area contributed by atoms with Crippen LogP contribution < -0.4 is 0 Å². The Hall–Kier alpha value is -1.03. The van der Waals surface area contributed by atoms with E-state index < -0.39 is 6.10 Å². The SMILES string of the molecule is CC1OCCC1C(O)c1cc2cccc(Cl)c2o1.